The van der Waals surface area contributed by atoms with Crippen LogP contribution in [-0.2, 0) is 10.5 Å². The van der Waals surface area contributed by atoms with Crippen LogP contribution in [0.25, 0.3) is 0 Å². The van der Waals surface area contributed by atoms with Crippen LogP contribution in [0.4, 0.5) is 0 Å². The van der Waals surface area contributed by atoms with Crippen LogP contribution in [0.3, 0.4) is 0 Å². The van der Waals surface area contributed by atoms with Gasteiger partial charge in [-0.2, -0.15) is 11.8 Å². The van der Waals surface area contributed by atoms with E-state index in [1.54, 1.807) is 6.92 Å². The zero-order valence-corrected chi connectivity index (χ0v) is 16.3. The number of amides is 1. The molecule has 2 aromatic rings. The van der Waals surface area contributed by atoms with Crippen molar-refractivity contribution in [2.24, 2.45) is 0 Å². The highest BCUT2D eigenvalue weighted by Crippen LogP contribution is 2.17. The van der Waals surface area contributed by atoms with E-state index >= 15 is 0 Å². The van der Waals surface area contributed by atoms with Crippen molar-refractivity contribution in [3.8, 4) is 5.75 Å². The lowest BCUT2D eigenvalue weighted by Crippen LogP contribution is -2.37. The van der Waals surface area contributed by atoms with E-state index in [-0.39, 0.29) is 5.91 Å². The number of hydrogen-bond donors (Lipinski definition) is 1. The Morgan fingerprint density at radius 3 is 2.48 bits per heavy atom. The molecule has 0 fully saturated rings. The van der Waals surface area contributed by atoms with Crippen LogP contribution in [0.1, 0.15) is 29.2 Å². The number of carbonyl (C=O) groups excluding carboxylic acids is 1. The maximum atomic E-state index is 12.1. The third-order valence-electron chi connectivity index (χ3n) is 4.10. The van der Waals surface area contributed by atoms with E-state index in [0.717, 1.165) is 22.8 Å². The first-order valence-electron chi connectivity index (χ1n) is 8.60. The minimum atomic E-state index is -0.496. The van der Waals surface area contributed by atoms with Crippen LogP contribution in [-0.4, -0.2) is 24.3 Å². The molecule has 2 rings (SSSR count). The maximum Gasteiger partial charge on any atom is 0.260 e. The molecule has 0 bridgehead atoms. The van der Waals surface area contributed by atoms with Crippen molar-refractivity contribution >= 4 is 17.7 Å². The molecule has 1 amide bonds. The first kappa shape index (κ1) is 19.4. The van der Waals surface area contributed by atoms with Gasteiger partial charge in [-0.15, -0.1) is 0 Å². The van der Waals surface area contributed by atoms with E-state index in [9.17, 15) is 4.79 Å². The van der Waals surface area contributed by atoms with Gasteiger partial charge in [0, 0.05) is 18.1 Å². The summed E-state index contributed by atoms with van der Waals surface area (Å²) >= 11 is 1.82. The summed E-state index contributed by atoms with van der Waals surface area (Å²) < 4.78 is 5.73. The molecule has 0 aromatic heterocycles. The van der Waals surface area contributed by atoms with Crippen LogP contribution in [0.15, 0.2) is 42.5 Å². The van der Waals surface area contributed by atoms with Gasteiger partial charge in [-0.1, -0.05) is 35.9 Å². The summed E-state index contributed by atoms with van der Waals surface area (Å²) in [5.41, 5.74) is 4.97. The van der Waals surface area contributed by atoms with Crippen LogP contribution in [0.5, 0.6) is 5.75 Å². The zero-order chi connectivity index (χ0) is 18.2. The Morgan fingerprint density at radius 2 is 1.80 bits per heavy atom. The zero-order valence-electron chi connectivity index (χ0n) is 15.5. The highest BCUT2D eigenvalue weighted by Gasteiger charge is 2.14. The Labute approximate surface area is 155 Å². The summed E-state index contributed by atoms with van der Waals surface area (Å²) in [4.78, 5) is 12.1. The minimum Gasteiger partial charge on any atom is -0.481 e. The fourth-order valence-corrected chi connectivity index (χ4v) is 3.13. The van der Waals surface area contributed by atoms with Gasteiger partial charge in [-0.05, 0) is 56.5 Å². The average Bonchev–Trinajstić information content (AvgIpc) is 2.59. The number of nitrogens with one attached hydrogen (secondary N) is 1. The molecule has 0 saturated carbocycles. The van der Waals surface area contributed by atoms with E-state index in [2.05, 4.69) is 43.4 Å². The van der Waals surface area contributed by atoms with Gasteiger partial charge in [0.1, 0.15) is 5.75 Å². The van der Waals surface area contributed by atoms with E-state index in [1.165, 1.54) is 16.7 Å². The highest BCUT2D eigenvalue weighted by molar-refractivity contribution is 7.98. The van der Waals surface area contributed by atoms with Crippen molar-refractivity contribution in [2.45, 2.75) is 39.6 Å². The second-order valence-electron chi connectivity index (χ2n) is 6.34. The molecule has 0 aliphatic heterocycles. The Bertz CT molecular complexity index is 698. The number of benzene rings is 2. The quantitative estimate of drug-likeness (QED) is 0.710. The number of aryl methyl sites for hydroxylation is 3. The molecule has 0 heterocycles. The molecule has 2 aromatic carbocycles. The summed E-state index contributed by atoms with van der Waals surface area (Å²) in [6.07, 6.45) is -0.496. The molecule has 0 saturated heterocycles. The largest absolute Gasteiger partial charge is 0.481 e. The molecule has 0 aliphatic carbocycles. The fraction of sp³-hybridized carbons (Fsp3) is 0.381. The molecule has 134 valence electrons. The lowest BCUT2D eigenvalue weighted by atomic mass is 10.1. The summed E-state index contributed by atoms with van der Waals surface area (Å²) in [7, 11) is 0. The summed E-state index contributed by atoms with van der Waals surface area (Å²) in [6, 6.07) is 14.4. The smallest absolute Gasteiger partial charge is 0.260 e. The molecule has 0 radical (unpaired) electrons. The Hall–Kier alpha value is -1.94. The minimum absolute atomic E-state index is 0.0748. The monoisotopic (exact) mass is 357 g/mol. The van der Waals surface area contributed by atoms with Crippen molar-refractivity contribution in [3.05, 3.63) is 64.7 Å². The van der Waals surface area contributed by atoms with E-state index in [1.807, 2.05) is 36.9 Å². The lowest BCUT2D eigenvalue weighted by Gasteiger charge is -2.15. The molecule has 0 unspecified atom stereocenters. The third-order valence-corrected chi connectivity index (χ3v) is 5.13. The Morgan fingerprint density at radius 1 is 1.08 bits per heavy atom. The van der Waals surface area contributed by atoms with Crippen molar-refractivity contribution in [3.63, 3.8) is 0 Å². The Balaban J connectivity index is 1.67. The topological polar surface area (TPSA) is 38.3 Å². The van der Waals surface area contributed by atoms with Gasteiger partial charge in [-0.25, -0.2) is 0 Å². The summed E-state index contributed by atoms with van der Waals surface area (Å²) in [5, 5.41) is 2.94. The van der Waals surface area contributed by atoms with Crippen molar-refractivity contribution < 1.29 is 9.53 Å². The van der Waals surface area contributed by atoms with Crippen molar-refractivity contribution in [2.75, 3.05) is 12.3 Å². The number of ether oxygens (including phenoxy) is 1. The molecular weight excluding hydrogens is 330 g/mol. The van der Waals surface area contributed by atoms with Crippen LogP contribution in [0, 0.1) is 20.8 Å². The molecule has 1 N–H and O–H groups in total. The summed E-state index contributed by atoms with van der Waals surface area (Å²) in [5.74, 6) is 2.51. The maximum absolute atomic E-state index is 12.1. The van der Waals surface area contributed by atoms with Gasteiger partial charge in [0.25, 0.3) is 5.91 Å². The molecule has 0 aliphatic rings. The normalized spacial score (nSPS) is 11.8. The van der Waals surface area contributed by atoms with Gasteiger partial charge in [0.05, 0.1) is 0 Å². The molecule has 4 heteroatoms. The van der Waals surface area contributed by atoms with Crippen molar-refractivity contribution in [1.29, 1.82) is 0 Å². The fourth-order valence-electron chi connectivity index (χ4n) is 2.31. The number of hydrogen-bond acceptors (Lipinski definition) is 3. The highest BCUT2D eigenvalue weighted by atomic mass is 32.2. The molecule has 0 spiro atoms. The van der Waals surface area contributed by atoms with Gasteiger partial charge < -0.3 is 10.1 Å². The first-order valence-corrected chi connectivity index (χ1v) is 9.76. The third kappa shape index (κ3) is 6.46. The van der Waals surface area contributed by atoms with E-state index in [4.69, 9.17) is 4.74 Å². The predicted molar refractivity (Wildman–Crippen MR) is 106 cm³/mol. The standard InChI is InChI=1S/C21H27NO2S/c1-15-5-8-19(9-6-15)14-25-12-11-22-21(23)18(4)24-20-10-7-16(2)17(3)13-20/h5-10,13,18H,11-12,14H2,1-4H3,(H,22,23)/t18-/m0/s1. The number of rotatable bonds is 8. The second-order valence-corrected chi connectivity index (χ2v) is 7.44. The average molecular weight is 358 g/mol. The van der Waals surface area contributed by atoms with E-state index < -0.39 is 6.10 Å². The van der Waals surface area contributed by atoms with Crippen molar-refractivity contribution in [1.82, 2.24) is 5.32 Å². The predicted octanol–water partition coefficient (Wildman–Crippen LogP) is 4.43. The van der Waals surface area contributed by atoms with Gasteiger partial charge in [0.15, 0.2) is 6.10 Å². The second kappa shape index (κ2) is 9.52. The van der Waals surface area contributed by atoms with Crippen LogP contribution < -0.4 is 10.1 Å². The van der Waals surface area contributed by atoms with Gasteiger partial charge >= 0.3 is 0 Å². The SMILES string of the molecule is Cc1ccc(CSCCNC(=O)[C@H](C)Oc2ccc(C)c(C)c2)cc1. The number of carbonyl (C=O) groups is 1. The van der Waals surface area contributed by atoms with Gasteiger partial charge in [-0.3, -0.25) is 4.79 Å². The van der Waals surface area contributed by atoms with Crippen LogP contribution in [0.2, 0.25) is 0 Å². The first-order chi connectivity index (χ1) is 12.0. The van der Waals surface area contributed by atoms with Crippen LogP contribution >= 0.6 is 11.8 Å². The van der Waals surface area contributed by atoms with Gasteiger partial charge in [0.2, 0.25) is 0 Å². The van der Waals surface area contributed by atoms with E-state index in [0.29, 0.717) is 6.54 Å². The molecular formula is C21H27NO2S. The number of thioether (sulfide) groups is 1. The summed E-state index contributed by atoms with van der Waals surface area (Å²) in [6.45, 7) is 8.62. The lowest BCUT2D eigenvalue weighted by molar-refractivity contribution is -0.127. The molecule has 25 heavy (non-hydrogen) atoms. The Kier molecular flexibility index (Phi) is 7.38. The molecule has 3 nitrogen and oxygen atoms in total. The molecule has 1 atom stereocenters.